The van der Waals surface area contributed by atoms with Gasteiger partial charge >= 0.3 is 0 Å². The average molecular weight is 488 g/mol. The van der Waals surface area contributed by atoms with Crippen molar-refractivity contribution in [2.45, 2.75) is 64.1 Å². The molecule has 7 rings (SSSR count). The molecule has 0 N–H and O–H groups in total. The molecule has 3 fully saturated rings. The summed E-state index contributed by atoms with van der Waals surface area (Å²) in [5.41, 5.74) is 3.23. The number of hydrogen-bond donors (Lipinski definition) is 0. The maximum absolute atomic E-state index is 14.4. The summed E-state index contributed by atoms with van der Waals surface area (Å²) in [7, 11) is 1.86. The van der Waals surface area contributed by atoms with Gasteiger partial charge in [-0.3, -0.25) is 9.69 Å². The fourth-order valence-electron chi connectivity index (χ4n) is 6.02. The zero-order valence-electron chi connectivity index (χ0n) is 19.3. The summed E-state index contributed by atoms with van der Waals surface area (Å²) < 4.78 is 36.5. The summed E-state index contributed by atoms with van der Waals surface area (Å²) in [4.78, 5) is 21.7. The number of ether oxygens (including phenoxy) is 1. The molecule has 10 heteroatoms. The van der Waals surface area contributed by atoms with E-state index in [4.69, 9.17) is 16.3 Å². The SMILES string of the molecule is Cc1nc2c3c(nn2c(C)c1Cl)CN(C(=O)c1ccc(F)cc1OC1(C)C2CC(F)C1N2C)C3. The normalized spacial score (nSPS) is 27.9. The number of likely N-dealkylation sites (N-methyl/N-ethyl adjacent to an activating group) is 1. The number of halogens is 3. The predicted molar refractivity (Wildman–Crippen MR) is 121 cm³/mol. The smallest absolute Gasteiger partial charge is 0.258 e. The molecule has 178 valence electrons. The van der Waals surface area contributed by atoms with Crippen molar-refractivity contribution in [3.63, 3.8) is 0 Å². The van der Waals surface area contributed by atoms with E-state index in [1.54, 1.807) is 9.42 Å². The molecule has 1 amide bonds. The van der Waals surface area contributed by atoms with Gasteiger partial charge in [-0.05, 0) is 46.4 Å². The van der Waals surface area contributed by atoms with Gasteiger partial charge in [0.15, 0.2) is 5.65 Å². The summed E-state index contributed by atoms with van der Waals surface area (Å²) >= 11 is 6.32. The van der Waals surface area contributed by atoms with Crippen molar-refractivity contribution in [3.8, 4) is 5.75 Å². The number of aromatic nitrogens is 3. The van der Waals surface area contributed by atoms with Crippen LogP contribution in [0, 0.1) is 19.7 Å². The Kier molecular flexibility index (Phi) is 4.55. The minimum Gasteiger partial charge on any atom is -0.483 e. The summed E-state index contributed by atoms with van der Waals surface area (Å²) in [5.74, 6) is -0.671. The van der Waals surface area contributed by atoms with Crippen LogP contribution >= 0.6 is 11.6 Å². The molecule has 1 saturated carbocycles. The fourth-order valence-corrected chi connectivity index (χ4v) is 6.15. The number of benzene rings is 1. The lowest BCUT2D eigenvalue weighted by atomic mass is 9.84. The van der Waals surface area contributed by atoms with E-state index in [2.05, 4.69) is 10.1 Å². The third-order valence-electron chi connectivity index (χ3n) is 7.72. The van der Waals surface area contributed by atoms with Crippen LogP contribution in [0.25, 0.3) is 5.65 Å². The molecule has 5 heterocycles. The van der Waals surface area contributed by atoms with Crippen molar-refractivity contribution >= 4 is 23.2 Å². The molecular weight excluding hydrogens is 464 g/mol. The number of rotatable bonds is 3. The third kappa shape index (κ3) is 2.80. The lowest BCUT2D eigenvalue weighted by Gasteiger charge is -2.53. The molecule has 2 aromatic heterocycles. The van der Waals surface area contributed by atoms with E-state index < -0.39 is 23.6 Å². The van der Waals surface area contributed by atoms with Gasteiger partial charge in [-0.25, -0.2) is 18.3 Å². The predicted octanol–water partition coefficient (Wildman–Crippen LogP) is 3.86. The molecule has 0 radical (unpaired) electrons. The summed E-state index contributed by atoms with van der Waals surface area (Å²) in [6, 6.07) is 3.35. The molecule has 4 aliphatic rings. The Hall–Kier alpha value is -2.78. The highest BCUT2D eigenvalue weighted by atomic mass is 35.5. The molecule has 2 bridgehead atoms. The van der Waals surface area contributed by atoms with Crippen LogP contribution in [-0.4, -0.2) is 61.2 Å². The first kappa shape index (κ1) is 21.7. The highest BCUT2D eigenvalue weighted by Crippen LogP contribution is 2.51. The molecule has 0 spiro atoms. The monoisotopic (exact) mass is 487 g/mol. The first-order valence-electron chi connectivity index (χ1n) is 11.3. The van der Waals surface area contributed by atoms with Crippen molar-refractivity contribution in [2.24, 2.45) is 0 Å². The Morgan fingerprint density at radius 1 is 1.29 bits per heavy atom. The molecule has 4 atom stereocenters. The van der Waals surface area contributed by atoms with Gasteiger partial charge in [-0.1, -0.05) is 11.6 Å². The van der Waals surface area contributed by atoms with E-state index in [1.165, 1.54) is 18.2 Å². The third-order valence-corrected chi connectivity index (χ3v) is 8.26. The Labute approximate surface area is 200 Å². The minimum atomic E-state index is -1.01. The fraction of sp³-hybridized carbons (Fsp3) is 0.458. The van der Waals surface area contributed by atoms with Crippen molar-refractivity contribution < 1.29 is 18.3 Å². The van der Waals surface area contributed by atoms with Crippen LogP contribution in [0.2, 0.25) is 5.02 Å². The maximum Gasteiger partial charge on any atom is 0.258 e. The number of aryl methyl sites for hydroxylation is 2. The Morgan fingerprint density at radius 3 is 2.74 bits per heavy atom. The summed E-state index contributed by atoms with van der Waals surface area (Å²) in [6.07, 6.45) is -0.640. The first-order chi connectivity index (χ1) is 16.1. The highest BCUT2D eigenvalue weighted by Gasteiger charge is 2.68. The van der Waals surface area contributed by atoms with Crippen molar-refractivity contribution in [1.82, 2.24) is 24.4 Å². The van der Waals surface area contributed by atoms with Gasteiger partial charge < -0.3 is 9.64 Å². The van der Waals surface area contributed by atoms with Crippen molar-refractivity contribution in [3.05, 3.63) is 57.2 Å². The van der Waals surface area contributed by atoms with Crippen LogP contribution in [0.4, 0.5) is 8.78 Å². The molecule has 3 aromatic rings. The first-order valence-corrected chi connectivity index (χ1v) is 11.6. The molecule has 3 aliphatic heterocycles. The van der Waals surface area contributed by atoms with Crippen molar-refractivity contribution in [1.29, 1.82) is 0 Å². The zero-order chi connectivity index (χ0) is 24.1. The molecule has 34 heavy (non-hydrogen) atoms. The molecule has 2 saturated heterocycles. The Balaban J connectivity index is 1.31. The second kappa shape index (κ2) is 7.11. The van der Waals surface area contributed by atoms with Crippen LogP contribution in [0.1, 0.15) is 46.3 Å². The van der Waals surface area contributed by atoms with Gasteiger partial charge in [0.05, 0.1) is 52.8 Å². The van der Waals surface area contributed by atoms with Crippen LogP contribution in [-0.2, 0) is 13.1 Å². The number of nitrogens with zero attached hydrogens (tertiary/aromatic N) is 5. The van der Waals surface area contributed by atoms with E-state index in [0.717, 1.165) is 17.0 Å². The number of carbonyl (C=O) groups excluding carboxylic acids is 1. The maximum atomic E-state index is 14.4. The van der Waals surface area contributed by atoms with Crippen molar-refractivity contribution in [2.75, 3.05) is 7.05 Å². The number of carbonyl (C=O) groups is 1. The topological polar surface area (TPSA) is 63.0 Å². The van der Waals surface area contributed by atoms with Gasteiger partial charge in [0, 0.05) is 11.6 Å². The van der Waals surface area contributed by atoms with E-state index in [-0.39, 0.29) is 23.3 Å². The quantitative estimate of drug-likeness (QED) is 0.561. The van der Waals surface area contributed by atoms with Gasteiger partial charge in [0.2, 0.25) is 0 Å². The van der Waals surface area contributed by atoms with Crippen LogP contribution in [0.5, 0.6) is 5.75 Å². The highest BCUT2D eigenvalue weighted by molar-refractivity contribution is 6.31. The van der Waals surface area contributed by atoms with Crippen LogP contribution in [0.3, 0.4) is 0 Å². The number of hydrogen-bond acceptors (Lipinski definition) is 5. The largest absolute Gasteiger partial charge is 0.483 e. The Morgan fingerprint density at radius 2 is 2.06 bits per heavy atom. The van der Waals surface area contributed by atoms with Gasteiger partial charge in [-0.15, -0.1) is 0 Å². The van der Waals surface area contributed by atoms with E-state index in [1.807, 2.05) is 32.7 Å². The van der Waals surface area contributed by atoms with Crippen LogP contribution < -0.4 is 4.74 Å². The zero-order valence-corrected chi connectivity index (χ0v) is 20.0. The molecule has 1 aliphatic carbocycles. The van der Waals surface area contributed by atoms with Gasteiger partial charge in [0.1, 0.15) is 23.3 Å². The van der Waals surface area contributed by atoms with E-state index in [9.17, 15) is 13.6 Å². The molecule has 7 nitrogen and oxygen atoms in total. The Bertz CT molecular complexity index is 1370. The minimum absolute atomic E-state index is 0.118. The number of fused-ring (bicyclic) bond motifs is 4. The van der Waals surface area contributed by atoms with Gasteiger partial charge in [0.25, 0.3) is 5.91 Å². The molecular formula is C24H24ClF2N5O2. The average Bonchev–Trinajstić information content (AvgIpc) is 3.50. The molecule has 4 unspecified atom stereocenters. The second-order valence-electron chi connectivity index (χ2n) is 9.72. The second-order valence-corrected chi connectivity index (χ2v) is 10.1. The molecule has 1 aromatic carbocycles. The summed E-state index contributed by atoms with van der Waals surface area (Å²) in [6.45, 7) is 6.16. The van der Waals surface area contributed by atoms with Gasteiger partial charge in [-0.2, -0.15) is 5.10 Å². The summed E-state index contributed by atoms with van der Waals surface area (Å²) in [5, 5.41) is 5.19. The number of alkyl halides is 1. The van der Waals surface area contributed by atoms with E-state index in [0.29, 0.717) is 35.9 Å². The number of amides is 1. The van der Waals surface area contributed by atoms with E-state index >= 15 is 0 Å². The lowest BCUT2D eigenvalue weighted by Crippen LogP contribution is -2.71. The lowest BCUT2D eigenvalue weighted by molar-refractivity contribution is -0.129. The van der Waals surface area contributed by atoms with Crippen LogP contribution in [0.15, 0.2) is 18.2 Å². The standard InChI is InChI=1S/C24H24ClF2N5O2/c1-11-20(25)12(2)32-22(28-11)15-9-31(10-17(15)29-32)23(33)14-6-5-13(26)7-18(14)34-24(3)19-8-16(27)21(24)30(19)4/h5-7,16,19,21H,8-10H2,1-4H3.